The Morgan fingerprint density at radius 2 is 2.20 bits per heavy atom. The number of ether oxygens (including phenoxy) is 1. The molecule has 2 atom stereocenters. The third kappa shape index (κ3) is 3.11. The first-order valence-corrected chi connectivity index (χ1v) is 9.31. The molecule has 2 aliphatic heterocycles. The first-order chi connectivity index (χ1) is 9.72. The van der Waals surface area contributed by atoms with Gasteiger partial charge in [0, 0.05) is 6.61 Å². The summed E-state index contributed by atoms with van der Waals surface area (Å²) in [5, 5.41) is 3.45. The van der Waals surface area contributed by atoms with Gasteiger partial charge in [0.25, 0.3) is 0 Å². The van der Waals surface area contributed by atoms with E-state index in [-0.39, 0.29) is 11.6 Å². The molecule has 3 rings (SSSR count). The smallest absolute Gasteiger partial charge is 0.169 e. The summed E-state index contributed by atoms with van der Waals surface area (Å²) in [6.07, 6.45) is 4.66. The maximum absolute atomic E-state index is 6.19. The van der Waals surface area contributed by atoms with Crippen molar-refractivity contribution >= 4 is 27.7 Å². The Kier molecular flexibility index (Phi) is 4.80. The molecule has 1 N–H and O–H groups in total. The predicted molar refractivity (Wildman–Crippen MR) is 86.2 cm³/mol. The first kappa shape index (κ1) is 14.9. The van der Waals surface area contributed by atoms with E-state index in [1.54, 1.807) is 0 Å². The van der Waals surface area contributed by atoms with Gasteiger partial charge in [0.2, 0.25) is 0 Å². The Morgan fingerprint density at radius 3 is 2.85 bits per heavy atom. The molecule has 1 spiro atoms. The maximum atomic E-state index is 6.19. The molecule has 1 aromatic heterocycles. The van der Waals surface area contributed by atoms with Gasteiger partial charge in [0.05, 0.1) is 11.6 Å². The van der Waals surface area contributed by atoms with Crippen molar-refractivity contribution in [3.8, 4) is 0 Å². The minimum atomic E-state index is 0.132. The van der Waals surface area contributed by atoms with Crippen LogP contribution in [0.3, 0.4) is 0 Å². The molecule has 3 heterocycles. The minimum Gasteiger partial charge on any atom is -0.453 e. The zero-order chi connectivity index (χ0) is 14.0. The normalized spacial score (nSPS) is 27.6. The Morgan fingerprint density at radius 1 is 1.40 bits per heavy atom. The highest BCUT2D eigenvalue weighted by atomic mass is 79.9. The van der Waals surface area contributed by atoms with Gasteiger partial charge in [0.1, 0.15) is 5.76 Å². The van der Waals surface area contributed by atoms with E-state index in [1.165, 1.54) is 24.3 Å². The van der Waals surface area contributed by atoms with Crippen LogP contribution in [0.1, 0.15) is 37.5 Å². The number of halogens is 1. The van der Waals surface area contributed by atoms with Crippen molar-refractivity contribution in [2.45, 2.75) is 37.3 Å². The summed E-state index contributed by atoms with van der Waals surface area (Å²) in [5.74, 6) is 4.11. The molecule has 0 aliphatic carbocycles. The molecule has 0 aromatic carbocycles. The number of rotatable bonds is 3. The van der Waals surface area contributed by atoms with Crippen LogP contribution in [0.15, 0.2) is 21.2 Å². The third-order valence-electron chi connectivity index (χ3n) is 4.62. The highest BCUT2D eigenvalue weighted by Gasteiger charge is 2.41. The fourth-order valence-corrected chi connectivity index (χ4v) is 5.10. The second kappa shape index (κ2) is 6.42. The van der Waals surface area contributed by atoms with E-state index < -0.39 is 0 Å². The molecular formula is C15H22BrNO2S. The molecule has 0 bridgehead atoms. The van der Waals surface area contributed by atoms with E-state index in [0.29, 0.717) is 5.92 Å². The number of furan rings is 1. The van der Waals surface area contributed by atoms with E-state index in [4.69, 9.17) is 9.15 Å². The topological polar surface area (TPSA) is 34.4 Å². The standard InChI is InChI=1S/C15H22BrNO2S/c1-17-14(12-2-3-13(16)19-12)11-4-7-18-15(10-11)5-8-20-9-6-15/h2-3,11,14,17H,4-10H2,1H3. The average Bonchev–Trinajstić information content (AvgIpc) is 2.87. The molecule has 112 valence electrons. The van der Waals surface area contributed by atoms with Crippen LogP contribution in [0.5, 0.6) is 0 Å². The van der Waals surface area contributed by atoms with Gasteiger partial charge in [-0.25, -0.2) is 0 Å². The van der Waals surface area contributed by atoms with Gasteiger partial charge in [-0.2, -0.15) is 11.8 Å². The van der Waals surface area contributed by atoms with Crippen LogP contribution in [0.25, 0.3) is 0 Å². The second-order valence-corrected chi connectivity index (χ2v) is 7.81. The fourth-order valence-electron chi connectivity index (χ4n) is 3.55. The third-order valence-corrected chi connectivity index (χ3v) is 6.03. The van der Waals surface area contributed by atoms with Crippen LogP contribution in [0.2, 0.25) is 0 Å². The van der Waals surface area contributed by atoms with Crippen molar-refractivity contribution in [3.63, 3.8) is 0 Å². The molecule has 20 heavy (non-hydrogen) atoms. The zero-order valence-corrected chi connectivity index (χ0v) is 14.3. The molecular weight excluding hydrogens is 338 g/mol. The first-order valence-electron chi connectivity index (χ1n) is 7.37. The summed E-state index contributed by atoms with van der Waals surface area (Å²) in [4.78, 5) is 0. The van der Waals surface area contributed by atoms with Gasteiger partial charge in [-0.1, -0.05) is 0 Å². The Labute approximate surface area is 133 Å². The molecule has 2 aliphatic rings. The lowest BCUT2D eigenvalue weighted by molar-refractivity contribution is -0.108. The van der Waals surface area contributed by atoms with Gasteiger partial charge >= 0.3 is 0 Å². The van der Waals surface area contributed by atoms with Crippen LogP contribution in [-0.4, -0.2) is 30.8 Å². The van der Waals surface area contributed by atoms with E-state index >= 15 is 0 Å². The lowest BCUT2D eigenvalue weighted by Gasteiger charge is -2.45. The average molecular weight is 360 g/mol. The Bertz CT molecular complexity index is 439. The van der Waals surface area contributed by atoms with Crippen LogP contribution < -0.4 is 5.32 Å². The van der Waals surface area contributed by atoms with Gasteiger partial charge in [-0.15, -0.1) is 0 Å². The quantitative estimate of drug-likeness (QED) is 0.884. The van der Waals surface area contributed by atoms with Crippen LogP contribution >= 0.6 is 27.7 Å². The fraction of sp³-hybridized carbons (Fsp3) is 0.733. The molecule has 2 unspecified atom stereocenters. The monoisotopic (exact) mass is 359 g/mol. The maximum Gasteiger partial charge on any atom is 0.169 e. The number of nitrogens with one attached hydrogen (secondary N) is 1. The van der Waals surface area contributed by atoms with E-state index in [9.17, 15) is 0 Å². The summed E-state index contributed by atoms with van der Waals surface area (Å²) in [7, 11) is 2.03. The highest BCUT2D eigenvalue weighted by Crippen LogP contribution is 2.43. The molecule has 1 aromatic rings. The van der Waals surface area contributed by atoms with Crippen molar-refractivity contribution in [2.75, 3.05) is 25.2 Å². The molecule has 5 heteroatoms. The Balaban J connectivity index is 1.74. The van der Waals surface area contributed by atoms with Crippen LogP contribution in [0, 0.1) is 5.92 Å². The summed E-state index contributed by atoms with van der Waals surface area (Å²) in [6, 6.07) is 4.34. The van der Waals surface area contributed by atoms with E-state index in [0.717, 1.165) is 29.9 Å². The van der Waals surface area contributed by atoms with E-state index in [1.807, 2.05) is 13.1 Å². The van der Waals surface area contributed by atoms with Crippen molar-refractivity contribution < 1.29 is 9.15 Å². The summed E-state index contributed by atoms with van der Waals surface area (Å²) in [5.41, 5.74) is 0.132. The lowest BCUT2D eigenvalue weighted by atomic mass is 9.78. The van der Waals surface area contributed by atoms with Gasteiger partial charge in [0.15, 0.2) is 4.67 Å². The molecule has 2 saturated heterocycles. The van der Waals surface area contributed by atoms with Crippen LogP contribution in [-0.2, 0) is 4.74 Å². The highest BCUT2D eigenvalue weighted by molar-refractivity contribution is 9.10. The van der Waals surface area contributed by atoms with Crippen molar-refractivity contribution in [3.05, 3.63) is 22.6 Å². The van der Waals surface area contributed by atoms with Crippen LogP contribution in [0.4, 0.5) is 0 Å². The van der Waals surface area contributed by atoms with Crippen molar-refractivity contribution in [2.24, 2.45) is 5.92 Å². The van der Waals surface area contributed by atoms with Gasteiger partial charge < -0.3 is 14.5 Å². The van der Waals surface area contributed by atoms with E-state index in [2.05, 4.69) is 39.1 Å². The summed E-state index contributed by atoms with van der Waals surface area (Å²) in [6.45, 7) is 0.884. The second-order valence-electron chi connectivity index (χ2n) is 5.80. The minimum absolute atomic E-state index is 0.132. The lowest BCUT2D eigenvalue weighted by Crippen LogP contribution is -2.45. The SMILES string of the molecule is CNC(c1ccc(Br)o1)C1CCOC2(CCSCC2)C1. The zero-order valence-electron chi connectivity index (χ0n) is 11.9. The van der Waals surface area contributed by atoms with Gasteiger partial charge in [-0.05, 0) is 78.2 Å². The molecule has 2 fully saturated rings. The number of thioether (sulfide) groups is 1. The summed E-state index contributed by atoms with van der Waals surface area (Å²) >= 11 is 5.46. The molecule has 0 radical (unpaired) electrons. The Hall–Kier alpha value is 0.0300. The number of hydrogen-bond acceptors (Lipinski definition) is 4. The number of hydrogen-bond donors (Lipinski definition) is 1. The van der Waals surface area contributed by atoms with Gasteiger partial charge in [-0.3, -0.25) is 0 Å². The molecule has 3 nitrogen and oxygen atoms in total. The largest absolute Gasteiger partial charge is 0.453 e. The molecule has 0 amide bonds. The molecule has 0 saturated carbocycles. The summed E-state index contributed by atoms with van der Waals surface area (Å²) < 4.78 is 12.8. The predicted octanol–water partition coefficient (Wildman–Crippen LogP) is 4.00. The van der Waals surface area contributed by atoms with Crippen molar-refractivity contribution in [1.82, 2.24) is 5.32 Å². The van der Waals surface area contributed by atoms with Crippen molar-refractivity contribution in [1.29, 1.82) is 0 Å².